The van der Waals surface area contributed by atoms with Gasteiger partial charge in [-0.05, 0) is 24.1 Å². The van der Waals surface area contributed by atoms with Crippen molar-refractivity contribution in [2.24, 2.45) is 0 Å². The van der Waals surface area contributed by atoms with Crippen LogP contribution in [-0.2, 0) is 16.0 Å². The number of hydrogen-bond acceptors (Lipinski definition) is 3. The molecule has 17 heavy (non-hydrogen) atoms. The Morgan fingerprint density at radius 2 is 2.29 bits per heavy atom. The zero-order valence-corrected chi connectivity index (χ0v) is 9.79. The summed E-state index contributed by atoms with van der Waals surface area (Å²) in [4.78, 5) is 22.8. The van der Waals surface area contributed by atoms with Crippen LogP contribution in [0.5, 0.6) is 0 Å². The maximum atomic E-state index is 11.7. The highest BCUT2D eigenvalue weighted by Gasteiger charge is 2.19. The number of amides is 1. The van der Waals surface area contributed by atoms with Crippen LogP contribution in [0, 0.1) is 0 Å². The molecule has 1 heterocycles. The Kier molecular flexibility index (Phi) is 3.42. The molecular weight excluding hydrogens is 218 g/mol. The summed E-state index contributed by atoms with van der Waals surface area (Å²) in [7, 11) is 0. The van der Waals surface area contributed by atoms with Crippen LogP contribution in [0.15, 0.2) is 18.2 Å². The fourth-order valence-electron chi connectivity index (χ4n) is 1.73. The van der Waals surface area contributed by atoms with E-state index in [0.29, 0.717) is 18.6 Å². The van der Waals surface area contributed by atoms with Crippen molar-refractivity contribution in [3.8, 4) is 0 Å². The fourth-order valence-corrected chi connectivity index (χ4v) is 1.73. The van der Waals surface area contributed by atoms with Gasteiger partial charge in [0.25, 0.3) is 0 Å². The number of ether oxygens (including phenoxy) is 1. The Morgan fingerprint density at radius 1 is 1.47 bits per heavy atom. The number of carbonyl (C=O) groups is 2. The molecule has 4 heteroatoms. The molecule has 0 fully saturated rings. The van der Waals surface area contributed by atoms with Crippen LogP contribution in [0.3, 0.4) is 0 Å². The van der Waals surface area contributed by atoms with Crippen LogP contribution < -0.4 is 5.32 Å². The van der Waals surface area contributed by atoms with Gasteiger partial charge in [-0.3, -0.25) is 4.79 Å². The predicted octanol–water partition coefficient (Wildman–Crippen LogP) is 2.14. The Bertz CT molecular complexity index is 454. The molecule has 0 aromatic heterocycles. The largest absolute Gasteiger partial charge is 0.462 e. The summed E-state index contributed by atoms with van der Waals surface area (Å²) in [5.74, 6) is -0.362. The molecule has 1 N–H and O–H groups in total. The molecule has 0 saturated heterocycles. The quantitative estimate of drug-likeness (QED) is 0.640. The number of nitrogens with one attached hydrogen (secondary N) is 1. The third-order valence-corrected chi connectivity index (χ3v) is 2.70. The van der Waals surface area contributed by atoms with Crippen LogP contribution in [0.2, 0.25) is 0 Å². The summed E-state index contributed by atoms with van der Waals surface area (Å²) in [5, 5.41) is 2.71. The Hall–Kier alpha value is -1.84. The third-order valence-electron chi connectivity index (χ3n) is 2.70. The lowest BCUT2D eigenvalue weighted by atomic mass is 10.1. The Balaban J connectivity index is 2.05. The van der Waals surface area contributed by atoms with Crippen molar-refractivity contribution in [2.45, 2.75) is 26.2 Å². The number of anilines is 1. The van der Waals surface area contributed by atoms with E-state index in [2.05, 4.69) is 5.32 Å². The minimum Gasteiger partial charge on any atom is -0.462 e. The van der Waals surface area contributed by atoms with Crippen molar-refractivity contribution < 1.29 is 14.3 Å². The maximum Gasteiger partial charge on any atom is 0.338 e. The first-order chi connectivity index (χ1) is 8.20. The molecule has 1 aromatic rings. The van der Waals surface area contributed by atoms with Crippen molar-refractivity contribution in [2.75, 3.05) is 11.9 Å². The van der Waals surface area contributed by atoms with Crippen LogP contribution in [-0.4, -0.2) is 18.5 Å². The second kappa shape index (κ2) is 4.99. The molecule has 0 aliphatic carbocycles. The van der Waals surface area contributed by atoms with Gasteiger partial charge in [0.1, 0.15) is 0 Å². The second-order valence-electron chi connectivity index (χ2n) is 4.09. The van der Waals surface area contributed by atoms with E-state index in [1.807, 2.05) is 6.92 Å². The molecule has 1 aromatic carbocycles. The van der Waals surface area contributed by atoms with Crippen LogP contribution >= 0.6 is 0 Å². The minimum absolute atomic E-state index is 0.0310. The molecule has 90 valence electrons. The number of carbonyl (C=O) groups excluding carboxylic acids is 2. The maximum absolute atomic E-state index is 11.7. The number of fused-ring (bicyclic) bond motifs is 1. The summed E-state index contributed by atoms with van der Waals surface area (Å²) >= 11 is 0. The monoisotopic (exact) mass is 233 g/mol. The molecule has 2 rings (SSSR count). The van der Waals surface area contributed by atoms with Gasteiger partial charge >= 0.3 is 5.97 Å². The molecule has 1 aliphatic heterocycles. The van der Waals surface area contributed by atoms with Gasteiger partial charge in [-0.1, -0.05) is 19.4 Å². The van der Waals surface area contributed by atoms with E-state index in [1.54, 1.807) is 18.2 Å². The van der Waals surface area contributed by atoms with Crippen molar-refractivity contribution >= 4 is 17.6 Å². The van der Waals surface area contributed by atoms with E-state index in [9.17, 15) is 9.59 Å². The minimum atomic E-state index is -0.331. The van der Waals surface area contributed by atoms with Gasteiger partial charge in [-0.25, -0.2) is 4.79 Å². The summed E-state index contributed by atoms with van der Waals surface area (Å²) in [6.45, 7) is 2.48. The zero-order valence-electron chi connectivity index (χ0n) is 9.79. The summed E-state index contributed by atoms with van der Waals surface area (Å²) < 4.78 is 5.10. The number of esters is 1. The highest BCUT2D eigenvalue weighted by molar-refractivity contribution is 6.01. The molecule has 1 amide bonds. The third kappa shape index (κ3) is 2.64. The Labute approximate surface area is 100.0 Å². The van der Waals surface area contributed by atoms with Crippen molar-refractivity contribution in [1.29, 1.82) is 0 Å². The van der Waals surface area contributed by atoms with Gasteiger partial charge in [0.05, 0.1) is 18.6 Å². The number of hydrogen-bond donors (Lipinski definition) is 1. The van der Waals surface area contributed by atoms with Crippen LogP contribution in [0.25, 0.3) is 0 Å². The van der Waals surface area contributed by atoms with E-state index in [1.165, 1.54) is 0 Å². The molecule has 0 radical (unpaired) electrons. The molecule has 0 spiro atoms. The number of benzene rings is 1. The first-order valence-corrected chi connectivity index (χ1v) is 5.80. The highest BCUT2D eigenvalue weighted by atomic mass is 16.5. The average molecular weight is 233 g/mol. The lowest BCUT2D eigenvalue weighted by Crippen LogP contribution is -2.07. The van der Waals surface area contributed by atoms with Crippen molar-refractivity contribution in [3.63, 3.8) is 0 Å². The predicted molar refractivity (Wildman–Crippen MR) is 64.0 cm³/mol. The van der Waals surface area contributed by atoms with Gasteiger partial charge in [-0.15, -0.1) is 0 Å². The van der Waals surface area contributed by atoms with E-state index in [4.69, 9.17) is 4.74 Å². The Morgan fingerprint density at radius 3 is 3.06 bits per heavy atom. The summed E-state index contributed by atoms with van der Waals surface area (Å²) in [6.07, 6.45) is 2.25. The lowest BCUT2D eigenvalue weighted by Gasteiger charge is -2.05. The second-order valence-corrected chi connectivity index (χ2v) is 4.09. The first-order valence-electron chi connectivity index (χ1n) is 5.80. The molecule has 0 unspecified atom stereocenters. The van der Waals surface area contributed by atoms with E-state index in [0.717, 1.165) is 24.1 Å². The molecular formula is C13H15NO3. The number of rotatable bonds is 4. The topological polar surface area (TPSA) is 55.4 Å². The fraction of sp³-hybridized carbons (Fsp3) is 0.385. The summed E-state index contributed by atoms with van der Waals surface area (Å²) in [5.41, 5.74) is 2.14. The molecule has 4 nitrogen and oxygen atoms in total. The van der Waals surface area contributed by atoms with Crippen LogP contribution in [0.4, 0.5) is 5.69 Å². The van der Waals surface area contributed by atoms with Gasteiger partial charge in [0.2, 0.25) is 5.91 Å². The first kappa shape index (κ1) is 11.6. The van der Waals surface area contributed by atoms with Gasteiger partial charge in [-0.2, -0.15) is 0 Å². The van der Waals surface area contributed by atoms with Gasteiger partial charge in [0, 0.05) is 5.69 Å². The average Bonchev–Trinajstić information content (AvgIpc) is 2.68. The van der Waals surface area contributed by atoms with E-state index < -0.39 is 0 Å². The number of unbranched alkanes of at least 4 members (excludes halogenated alkanes) is 1. The molecule has 1 aliphatic rings. The molecule has 0 atom stereocenters. The lowest BCUT2D eigenvalue weighted by molar-refractivity contribution is -0.115. The standard InChI is InChI=1S/C13H15NO3/c1-2-3-6-17-13(16)10-5-4-9-8-12(15)14-11(9)7-10/h4-5,7H,2-3,6,8H2,1H3,(H,14,15). The molecule has 0 saturated carbocycles. The van der Waals surface area contributed by atoms with E-state index in [-0.39, 0.29) is 11.9 Å². The van der Waals surface area contributed by atoms with Crippen molar-refractivity contribution in [1.82, 2.24) is 0 Å². The zero-order chi connectivity index (χ0) is 12.3. The smallest absolute Gasteiger partial charge is 0.338 e. The van der Waals surface area contributed by atoms with Gasteiger partial charge in [0.15, 0.2) is 0 Å². The normalized spacial score (nSPS) is 13.1. The van der Waals surface area contributed by atoms with Gasteiger partial charge < -0.3 is 10.1 Å². The van der Waals surface area contributed by atoms with Crippen molar-refractivity contribution in [3.05, 3.63) is 29.3 Å². The highest BCUT2D eigenvalue weighted by Crippen LogP contribution is 2.24. The SMILES string of the molecule is CCCCOC(=O)c1ccc2c(c1)NC(=O)C2. The molecule has 0 bridgehead atoms. The van der Waals surface area contributed by atoms with Crippen LogP contribution in [0.1, 0.15) is 35.7 Å². The summed E-state index contributed by atoms with van der Waals surface area (Å²) in [6, 6.07) is 5.17. The van der Waals surface area contributed by atoms with E-state index >= 15 is 0 Å².